The summed E-state index contributed by atoms with van der Waals surface area (Å²) in [5.41, 5.74) is 0. The summed E-state index contributed by atoms with van der Waals surface area (Å²) in [5.74, 6) is 1.63. The van der Waals surface area contributed by atoms with E-state index in [9.17, 15) is 14.4 Å². The van der Waals surface area contributed by atoms with Crippen LogP contribution < -0.4 is 0 Å². The topological polar surface area (TPSA) is 78.9 Å². The van der Waals surface area contributed by atoms with E-state index in [0.717, 1.165) is 75.5 Å². The second-order valence-electron chi connectivity index (χ2n) is 18.6. The third-order valence-electron chi connectivity index (χ3n) is 11.8. The van der Waals surface area contributed by atoms with Gasteiger partial charge >= 0.3 is 17.9 Å². The second kappa shape index (κ2) is 42.5. The monoisotopic (exact) mass is 807 g/mol. The van der Waals surface area contributed by atoms with E-state index in [1.165, 1.54) is 154 Å². The summed E-state index contributed by atoms with van der Waals surface area (Å²) in [4.78, 5) is 37.9. The molecule has 6 heteroatoms. The second-order valence-corrected chi connectivity index (χ2v) is 18.6. The molecule has 0 aliphatic heterocycles. The molecule has 0 rings (SSSR count). The average Bonchev–Trinajstić information content (AvgIpc) is 3.18. The Balaban J connectivity index is 4.32. The van der Waals surface area contributed by atoms with E-state index < -0.39 is 6.10 Å². The SMILES string of the molecule is CCC(C)CCCCCCCCCCCCC(=O)O[C@H](COC(=O)CCCCCCCCCCCCCCC(C)C)COC(=O)CCCCCCCCCC(C)C. The molecule has 0 aromatic heterocycles. The number of rotatable bonds is 44. The number of carbonyl (C=O) groups is 3. The fourth-order valence-corrected chi connectivity index (χ4v) is 7.55. The summed E-state index contributed by atoms with van der Waals surface area (Å²) < 4.78 is 16.8. The summed E-state index contributed by atoms with van der Waals surface area (Å²) in [5, 5.41) is 0. The van der Waals surface area contributed by atoms with Gasteiger partial charge < -0.3 is 14.2 Å². The Morgan fingerprint density at radius 1 is 0.351 bits per heavy atom. The van der Waals surface area contributed by atoms with Gasteiger partial charge in [0.15, 0.2) is 6.10 Å². The van der Waals surface area contributed by atoms with Crippen LogP contribution in [-0.2, 0) is 28.6 Å². The fourth-order valence-electron chi connectivity index (χ4n) is 7.55. The van der Waals surface area contributed by atoms with Gasteiger partial charge in [-0.25, -0.2) is 0 Å². The van der Waals surface area contributed by atoms with Crippen molar-refractivity contribution >= 4 is 17.9 Å². The van der Waals surface area contributed by atoms with Gasteiger partial charge in [0.2, 0.25) is 0 Å². The minimum Gasteiger partial charge on any atom is -0.462 e. The molecule has 1 unspecified atom stereocenters. The van der Waals surface area contributed by atoms with Crippen LogP contribution in [0, 0.1) is 17.8 Å². The molecular formula is C51H98O6. The zero-order valence-corrected chi connectivity index (χ0v) is 39.1. The van der Waals surface area contributed by atoms with Crippen LogP contribution >= 0.6 is 0 Å². The van der Waals surface area contributed by atoms with Gasteiger partial charge in [-0.3, -0.25) is 14.4 Å². The maximum Gasteiger partial charge on any atom is 0.306 e. The normalized spacial score (nSPS) is 12.6. The summed E-state index contributed by atoms with van der Waals surface area (Å²) in [6, 6.07) is 0. The molecule has 0 saturated carbocycles. The first-order chi connectivity index (χ1) is 27.6. The number of unbranched alkanes of at least 4 members (excludes halogenated alkanes) is 26. The van der Waals surface area contributed by atoms with Gasteiger partial charge in [-0.1, -0.05) is 234 Å². The van der Waals surface area contributed by atoms with Crippen molar-refractivity contribution in [2.45, 2.75) is 279 Å². The fraction of sp³-hybridized carbons (Fsp3) is 0.941. The molecule has 0 fully saturated rings. The van der Waals surface area contributed by atoms with Crippen molar-refractivity contribution in [3.8, 4) is 0 Å². The van der Waals surface area contributed by atoms with E-state index in [4.69, 9.17) is 14.2 Å². The molecule has 57 heavy (non-hydrogen) atoms. The molecule has 0 aromatic rings. The Morgan fingerprint density at radius 3 is 0.912 bits per heavy atom. The standard InChI is InChI=1S/C51H98O6/c1-7-47(6)39-33-27-21-15-12-13-17-23-30-36-42-51(54)57-48(44-56-50(53)41-35-29-24-18-20-26-32-38-46(4)5)43-55-49(52)40-34-28-22-16-11-9-8-10-14-19-25-31-37-45(2)3/h45-48H,7-44H2,1-6H3/t47?,48-/m1/s1. The third-order valence-corrected chi connectivity index (χ3v) is 11.8. The molecule has 0 N–H and O–H groups in total. The molecule has 0 heterocycles. The Morgan fingerprint density at radius 2 is 0.614 bits per heavy atom. The van der Waals surface area contributed by atoms with Gasteiger partial charge in [0.05, 0.1) is 0 Å². The third kappa shape index (κ3) is 43.8. The molecule has 0 saturated heterocycles. The van der Waals surface area contributed by atoms with Crippen LogP contribution in [0.25, 0.3) is 0 Å². The zero-order valence-electron chi connectivity index (χ0n) is 39.1. The van der Waals surface area contributed by atoms with Gasteiger partial charge in [-0.15, -0.1) is 0 Å². The van der Waals surface area contributed by atoms with Crippen molar-refractivity contribution in [2.24, 2.45) is 17.8 Å². The van der Waals surface area contributed by atoms with E-state index in [0.29, 0.717) is 19.3 Å². The van der Waals surface area contributed by atoms with E-state index in [-0.39, 0.29) is 31.1 Å². The zero-order chi connectivity index (χ0) is 42.0. The first kappa shape index (κ1) is 55.4. The van der Waals surface area contributed by atoms with Crippen molar-refractivity contribution in [1.29, 1.82) is 0 Å². The molecular weight excluding hydrogens is 709 g/mol. The van der Waals surface area contributed by atoms with Crippen LogP contribution in [0.4, 0.5) is 0 Å². The first-order valence-corrected chi connectivity index (χ1v) is 25.1. The van der Waals surface area contributed by atoms with E-state index in [1.54, 1.807) is 0 Å². The van der Waals surface area contributed by atoms with Crippen LogP contribution in [0.2, 0.25) is 0 Å². The number of carbonyl (C=O) groups excluding carboxylic acids is 3. The van der Waals surface area contributed by atoms with Crippen LogP contribution in [0.1, 0.15) is 273 Å². The average molecular weight is 807 g/mol. The van der Waals surface area contributed by atoms with Gasteiger partial charge in [-0.2, -0.15) is 0 Å². The van der Waals surface area contributed by atoms with Crippen LogP contribution in [-0.4, -0.2) is 37.2 Å². The molecule has 0 aromatic carbocycles. The minimum absolute atomic E-state index is 0.0655. The highest BCUT2D eigenvalue weighted by Crippen LogP contribution is 2.18. The lowest BCUT2D eigenvalue weighted by Crippen LogP contribution is -2.30. The van der Waals surface area contributed by atoms with Crippen molar-refractivity contribution in [2.75, 3.05) is 13.2 Å². The number of esters is 3. The lowest BCUT2D eigenvalue weighted by atomic mass is 9.99. The molecule has 2 atom stereocenters. The Kier molecular flexibility index (Phi) is 41.3. The molecule has 338 valence electrons. The summed E-state index contributed by atoms with van der Waals surface area (Å²) in [6.45, 7) is 13.7. The smallest absolute Gasteiger partial charge is 0.306 e. The van der Waals surface area contributed by atoms with Gasteiger partial charge in [0, 0.05) is 19.3 Å². The maximum absolute atomic E-state index is 12.8. The Labute approximate surface area is 355 Å². The van der Waals surface area contributed by atoms with E-state index >= 15 is 0 Å². The van der Waals surface area contributed by atoms with Crippen LogP contribution in [0.15, 0.2) is 0 Å². The molecule has 0 spiro atoms. The maximum atomic E-state index is 12.8. The van der Waals surface area contributed by atoms with E-state index in [2.05, 4.69) is 41.5 Å². The lowest BCUT2D eigenvalue weighted by molar-refractivity contribution is -0.167. The summed E-state index contributed by atoms with van der Waals surface area (Å²) >= 11 is 0. The van der Waals surface area contributed by atoms with Crippen molar-refractivity contribution in [1.82, 2.24) is 0 Å². The first-order valence-electron chi connectivity index (χ1n) is 25.1. The van der Waals surface area contributed by atoms with Gasteiger partial charge in [0.1, 0.15) is 13.2 Å². The Bertz CT molecular complexity index is 885. The Hall–Kier alpha value is -1.59. The van der Waals surface area contributed by atoms with Crippen LogP contribution in [0.5, 0.6) is 0 Å². The van der Waals surface area contributed by atoms with Crippen molar-refractivity contribution in [3.05, 3.63) is 0 Å². The van der Waals surface area contributed by atoms with E-state index in [1.807, 2.05) is 0 Å². The molecule has 0 bridgehead atoms. The van der Waals surface area contributed by atoms with Gasteiger partial charge in [-0.05, 0) is 37.0 Å². The number of ether oxygens (including phenoxy) is 3. The summed E-state index contributed by atoms with van der Waals surface area (Å²) in [6.07, 6.45) is 40.9. The van der Waals surface area contributed by atoms with Crippen molar-refractivity contribution < 1.29 is 28.6 Å². The molecule has 0 radical (unpaired) electrons. The number of hydrogen-bond acceptors (Lipinski definition) is 6. The lowest BCUT2D eigenvalue weighted by Gasteiger charge is -2.18. The molecule has 0 amide bonds. The highest BCUT2D eigenvalue weighted by molar-refractivity contribution is 5.71. The highest BCUT2D eigenvalue weighted by atomic mass is 16.6. The molecule has 6 nitrogen and oxygen atoms in total. The predicted molar refractivity (Wildman–Crippen MR) is 243 cm³/mol. The molecule has 0 aliphatic carbocycles. The minimum atomic E-state index is -0.763. The quantitative estimate of drug-likeness (QED) is 0.0347. The van der Waals surface area contributed by atoms with Crippen LogP contribution in [0.3, 0.4) is 0 Å². The molecule has 0 aliphatic rings. The predicted octanol–water partition coefficient (Wildman–Crippen LogP) is 16.0. The largest absolute Gasteiger partial charge is 0.462 e. The highest BCUT2D eigenvalue weighted by Gasteiger charge is 2.19. The summed E-state index contributed by atoms with van der Waals surface area (Å²) in [7, 11) is 0. The van der Waals surface area contributed by atoms with Crippen molar-refractivity contribution in [3.63, 3.8) is 0 Å². The number of hydrogen-bond donors (Lipinski definition) is 0. The van der Waals surface area contributed by atoms with Gasteiger partial charge in [0.25, 0.3) is 0 Å².